The van der Waals surface area contributed by atoms with Crippen LogP contribution in [0.3, 0.4) is 0 Å². The van der Waals surface area contributed by atoms with E-state index in [9.17, 15) is 23.4 Å². The summed E-state index contributed by atoms with van der Waals surface area (Å²) in [6.45, 7) is 1.83. The van der Waals surface area contributed by atoms with Gasteiger partial charge in [-0.1, -0.05) is 42.5 Å². The third-order valence-corrected chi connectivity index (χ3v) is 6.34. The Balaban J connectivity index is 1.34. The number of hydrogen-bond acceptors (Lipinski definition) is 3. The van der Waals surface area contributed by atoms with Gasteiger partial charge in [-0.05, 0) is 47.9 Å². The summed E-state index contributed by atoms with van der Waals surface area (Å²) in [4.78, 5) is 2.11. The average Bonchev–Trinajstić information content (AvgIpc) is 3.15. The van der Waals surface area contributed by atoms with Crippen molar-refractivity contribution in [3.05, 3.63) is 71.3 Å². The molecular formula is C23H26F3NO2. The van der Waals surface area contributed by atoms with E-state index in [4.69, 9.17) is 0 Å². The highest BCUT2D eigenvalue weighted by Crippen LogP contribution is 2.45. The van der Waals surface area contributed by atoms with E-state index in [2.05, 4.69) is 4.90 Å². The van der Waals surface area contributed by atoms with Crippen molar-refractivity contribution in [2.24, 2.45) is 11.8 Å². The van der Waals surface area contributed by atoms with E-state index in [1.165, 1.54) is 12.1 Å². The SMILES string of the molecule is O[C@@H](CN1C[C@@H]2CC(O)(Cc3ccccc3)C[C@H]2C1)c1cccc(C(F)(F)F)c1. The second kappa shape index (κ2) is 7.74. The molecule has 29 heavy (non-hydrogen) atoms. The lowest BCUT2D eigenvalue weighted by Crippen LogP contribution is -2.33. The maximum absolute atomic E-state index is 12.9. The van der Waals surface area contributed by atoms with Gasteiger partial charge in [0.1, 0.15) is 0 Å². The predicted octanol–water partition coefficient (Wildman–Crippen LogP) is 4.05. The summed E-state index contributed by atoms with van der Waals surface area (Å²) in [5.74, 6) is 0.717. The van der Waals surface area contributed by atoms with Crippen LogP contribution in [-0.2, 0) is 12.6 Å². The van der Waals surface area contributed by atoms with Crippen LogP contribution in [0.25, 0.3) is 0 Å². The third kappa shape index (κ3) is 4.65. The molecule has 1 aliphatic heterocycles. The first-order valence-corrected chi connectivity index (χ1v) is 10.1. The van der Waals surface area contributed by atoms with Crippen LogP contribution in [0.1, 0.15) is 35.6 Å². The molecule has 0 amide bonds. The molecule has 0 unspecified atom stereocenters. The average molecular weight is 405 g/mol. The Morgan fingerprint density at radius 1 is 1.00 bits per heavy atom. The van der Waals surface area contributed by atoms with Crippen LogP contribution < -0.4 is 0 Å². The number of β-amino-alcohol motifs (C(OH)–C–C–N with tert-alkyl or cyclic N) is 1. The lowest BCUT2D eigenvalue weighted by Gasteiger charge is -2.27. The fraction of sp³-hybridized carbons (Fsp3) is 0.478. The molecule has 2 aromatic rings. The van der Waals surface area contributed by atoms with Crippen molar-refractivity contribution in [1.29, 1.82) is 0 Å². The van der Waals surface area contributed by atoms with Crippen LogP contribution in [0, 0.1) is 11.8 Å². The first-order valence-electron chi connectivity index (χ1n) is 10.1. The van der Waals surface area contributed by atoms with Crippen molar-refractivity contribution in [1.82, 2.24) is 4.90 Å². The second-order valence-corrected chi connectivity index (χ2v) is 8.67. The van der Waals surface area contributed by atoms with Crippen LogP contribution in [0.2, 0.25) is 0 Å². The Hall–Kier alpha value is -1.89. The molecule has 156 valence electrons. The fourth-order valence-corrected chi connectivity index (χ4v) is 5.10. The molecule has 0 radical (unpaired) electrons. The van der Waals surface area contributed by atoms with Crippen LogP contribution in [-0.4, -0.2) is 40.3 Å². The standard InChI is InChI=1S/C23H26F3NO2/c24-23(25,26)20-8-4-7-17(9-20)21(28)15-27-13-18-11-22(29,12-19(18)14-27)10-16-5-2-1-3-6-16/h1-9,18-19,21,28-29H,10-15H2/t18-,19-,21-/m0/s1. The number of nitrogens with zero attached hydrogens (tertiary/aromatic N) is 1. The Bertz CT molecular complexity index is 826. The second-order valence-electron chi connectivity index (χ2n) is 8.67. The molecule has 0 bridgehead atoms. The molecular weight excluding hydrogens is 379 g/mol. The van der Waals surface area contributed by atoms with Crippen molar-refractivity contribution in [2.45, 2.75) is 37.1 Å². The van der Waals surface area contributed by atoms with Gasteiger partial charge < -0.3 is 10.2 Å². The largest absolute Gasteiger partial charge is 0.416 e. The summed E-state index contributed by atoms with van der Waals surface area (Å²) in [6, 6.07) is 14.9. The topological polar surface area (TPSA) is 43.7 Å². The molecule has 3 nitrogen and oxygen atoms in total. The summed E-state index contributed by atoms with van der Waals surface area (Å²) < 4.78 is 38.7. The molecule has 1 saturated heterocycles. The molecule has 3 atom stereocenters. The molecule has 2 aromatic carbocycles. The van der Waals surface area contributed by atoms with Crippen molar-refractivity contribution >= 4 is 0 Å². The van der Waals surface area contributed by atoms with Crippen LogP contribution in [0.4, 0.5) is 13.2 Å². The lowest BCUT2D eigenvalue weighted by atomic mass is 9.91. The smallest absolute Gasteiger partial charge is 0.390 e. The zero-order chi connectivity index (χ0) is 20.6. The number of likely N-dealkylation sites (tertiary alicyclic amines) is 1. The van der Waals surface area contributed by atoms with Crippen molar-refractivity contribution in [2.75, 3.05) is 19.6 Å². The number of halogens is 3. The summed E-state index contributed by atoms with van der Waals surface area (Å²) in [5.41, 5.74) is -0.00908. The number of alkyl halides is 3. The Morgan fingerprint density at radius 3 is 2.28 bits per heavy atom. The molecule has 0 spiro atoms. The summed E-state index contributed by atoms with van der Waals surface area (Å²) in [7, 11) is 0. The van der Waals surface area contributed by atoms with Crippen LogP contribution in [0.5, 0.6) is 0 Å². The maximum Gasteiger partial charge on any atom is 0.416 e. The lowest BCUT2D eigenvalue weighted by molar-refractivity contribution is -0.137. The first-order chi connectivity index (χ1) is 13.7. The van der Waals surface area contributed by atoms with Gasteiger partial charge >= 0.3 is 6.18 Å². The van der Waals surface area contributed by atoms with E-state index in [0.29, 0.717) is 24.8 Å². The minimum absolute atomic E-state index is 0.289. The van der Waals surface area contributed by atoms with E-state index in [0.717, 1.165) is 43.6 Å². The molecule has 0 aromatic heterocycles. The summed E-state index contributed by atoms with van der Waals surface area (Å²) in [6.07, 6.45) is -3.28. The minimum atomic E-state index is -4.41. The zero-order valence-corrected chi connectivity index (χ0v) is 16.1. The molecule has 1 saturated carbocycles. The Kier molecular flexibility index (Phi) is 5.44. The molecule has 1 heterocycles. The maximum atomic E-state index is 12.9. The van der Waals surface area contributed by atoms with Gasteiger partial charge in [0.05, 0.1) is 17.3 Å². The highest BCUT2D eigenvalue weighted by Gasteiger charge is 2.48. The molecule has 2 aliphatic rings. The summed E-state index contributed by atoms with van der Waals surface area (Å²) in [5, 5.41) is 21.5. The first kappa shape index (κ1) is 20.4. The highest BCUT2D eigenvalue weighted by atomic mass is 19.4. The number of fused-ring (bicyclic) bond motifs is 1. The monoisotopic (exact) mass is 405 g/mol. The van der Waals surface area contributed by atoms with Gasteiger partial charge in [-0.25, -0.2) is 0 Å². The highest BCUT2D eigenvalue weighted by molar-refractivity contribution is 5.27. The van der Waals surface area contributed by atoms with Crippen molar-refractivity contribution in [3.63, 3.8) is 0 Å². The number of rotatable bonds is 5. The van der Waals surface area contributed by atoms with Gasteiger partial charge in [0, 0.05) is 26.1 Å². The van der Waals surface area contributed by atoms with Crippen LogP contribution >= 0.6 is 0 Å². The zero-order valence-electron chi connectivity index (χ0n) is 16.1. The van der Waals surface area contributed by atoms with Gasteiger partial charge in [0.15, 0.2) is 0 Å². The molecule has 2 fully saturated rings. The van der Waals surface area contributed by atoms with Crippen molar-refractivity contribution in [3.8, 4) is 0 Å². The van der Waals surface area contributed by atoms with Crippen molar-refractivity contribution < 1.29 is 23.4 Å². The Labute approximate surface area is 168 Å². The molecule has 1 aliphatic carbocycles. The number of benzene rings is 2. The number of aliphatic hydroxyl groups excluding tert-OH is 1. The van der Waals surface area contributed by atoms with E-state index >= 15 is 0 Å². The Morgan fingerprint density at radius 2 is 1.66 bits per heavy atom. The van der Waals surface area contributed by atoms with E-state index in [1.807, 2.05) is 30.3 Å². The van der Waals surface area contributed by atoms with Gasteiger partial charge in [-0.15, -0.1) is 0 Å². The number of aliphatic hydroxyl groups is 2. The molecule has 6 heteroatoms. The normalized spacial score (nSPS) is 25.1. The van der Waals surface area contributed by atoms with E-state index in [1.54, 1.807) is 0 Å². The summed E-state index contributed by atoms with van der Waals surface area (Å²) >= 11 is 0. The quantitative estimate of drug-likeness (QED) is 0.789. The van der Waals surface area contributed by atoms with E-state index in [-0.39, 0.29) is 5.56 Å². The van der Waals surface area contributed by atoms with Gasteiger partial charge in [0.25, 0.3) is 0 Å². The number of hydrogen-bond donors (Lipinski definition) is 2. The van der Waals surface area contributed by atoms with Crippen LogP contribution in [0.15, 0.2) is 54.6 Å². The molecule has 4 rings (SSSR count). The fourth-order valence-electron chi connectivity index (χ4n) is 5.10. The third-order valence-electron chi connectivity index (χ3n) is 6.34. The van der Waals surface area contributed by atoms with Gasteiger partial charge in [0.2, 0.25) is 0 Å². The van der Waals surface area contributed by atoms with Gasteiger partial charge in [-0.3, -0.25) is 4.90 Å². The molecule has 2 N–H and O–H groups in total. The predicted molar refractivity (Wildman–Crippen MR) is 104 cm³/mol. The minimum Gasteiger partial charge on any atom is -0.390 e. The van der Waals surface area contributed by atoms with Gasteiger partial charge in [-0.2, -0.15) is 13.2 Å². The van der Waals surface area contributed by atoms with E-state index < -0.39 is 23.4 Å².